The molecule has 0 radical (unpaired) electrons. The third-order valence-corrected chi connectivity index (χ3v) is 10.9. The SMILES string of the molecule is Cl[Si](Cl)(Cl)CCCOCC(COCCC[Si](Cl)(Cl)Cl)OCCC[Si](Cl)(Cl)Cl. The number of hydrogen-bond acceptors (Lipinski definition) is 3. The summed E-state index contributed by atoms with van der Waals surface area (Å²) in [4.78, 5) is 0. The molecule has 0 aromatic heterocycles. The molecule has 0 saturated carbocycles. The van der Waals surface area contributed by atoms with Crippen LogP contribution < -0.4 is 0 Å². The Morgan fingerprint density at radius 2 is 0.852 bits per heavy atom. The van der Waals surface area contributed by atoms with Gasteiger partial charge in [-0.15, -0.1) is 99.7 Å². The van der Waals surface area contributed by atoms with Gasteiger partial charge < -0.3 is 14.2 Å². The molecule has 3 nitrogen and oxygen atoms in total. The van der Waals surface area contributed by atoms with E-state index in [9.17, 15) is 0 Å². The van der Waals surface area contributed by atoms with Gasteiger partial charge in [0.15, 0.2) is 0 Å². The Morgan fingerprint density at radius 3 is 1.19 bits per heavy atom. The standard InChI is InChI=1S/C12H23Cl9O3Si3/c13-25(14,15)7-1-4-22-10-12(24-6-3-9-27(19,20)21)11-23-5-2-8-26(16,17)18/h12H,1-11H2. The summed E-state index contributed by atoms with van der Waals surface area (Å²) in [5, 5.41) is 0. The van der Waals surface area contributed by atoms with E-state index in [4.69, 9.17) is 114 Å². The largest absolute Gasteiger partial charge is 0.379 e. The minimum Gasteiger partial charge on any atom is -0.379 e. The highest BCUT2D eigenvalue weighted by molar-refractivity contribution is 7.65. The molecule has 0 aromatic rings. The second kappa shape index (κ2) is 15.9. The lowest BCUT2D eigenvalue weighted by Gasteiger charge is -2.19. The highest BCUT2D eigenvalue weighted by Gasteiger charge is 2.25. The maximum Gasteiger partial charge on any atom is 0.341 e. The molecule has 0 bridgehead atoms. The van der Waals surface area contributed by atoms with Crippen molar-refractivity contribution >= 4 is 118 Å². The molecule has 0 aliphatic carbocycles. The van der Waals surface area contributed by atoms with Gasteiger partial charge in [-0.2, -0.15) is 0 Å². The predicted octanol–water partition coefficient (Wildman–Crippen LogP) is 7.54. The van der Waals surface area contributed by atoms with Crippen molar-refractivity contribution in [3.63, 3.8) is 0 Å². The van der Waals surface area contributed by atoms with Crippen LogP contribution in [0.4, 0.5) is 0 Å². The van der Waals surface area contributed by atoms with Gasteiger partial charge in [0, 0.05) is 19.8 Å². The predicted molar refractivity (Wildman–Crippen MR) is 130 cm³/mol. The lowest BCUT2D eigenvalue weighted by molar-refractivity contribution is -0.0595. The van der Waals surface area contributed by atoms with E-state index < -0.39 is 18.0 Å². The molecule has 15 heteroatoms. The fourth-order valence-corrected chi connectivity index (χ4v) is 7.09. The molecular formula is C12H23Cl9O3Si3. The number of rotatable bonds is 17. The quantitative estimate of drug-likeness (QED) is 0.0958. The molecular weight excluding hydrogens is 595 g/mol. The van der Waals surface area contributed by atoms with Crippen LogP contribution >= 0.6 is 99.7 Å². The minimum absolute atomic E-state index is 0.239. The van der Waals surface area contributed by atoms with Gasteiger partial charge in [0.25, 0.3) is 0 Å². The normalized spacial score (nSPS) is 13.6. The van der Waals surface area contributed by atoms with Gasteiger partial charge in [-0.3, -0.25) is 0 Å². The maximum absolute atomic E-state index is 5.87. The molecule has 0 aromatic carbocycles. The summed E-state index contributed by atoms with van der Waals surface area (Å²) in [6.45, 7) is 2.17. The third-order valence-electron chi connectivity index (χ3n) is 3.06. The van der Waals surface area contributed by atoms with Crippen molar-refractivity contribution in [3.8, 4) is 0 Å². The van der Waals surface area contributed by atoms with E-state index in [0.29, 0.717) is 70.4 Å². The Hall–Kier alpha value is 3.14. The first-order valence-electron chi connectivity index (χ1n) is 8.26. The van der Waals surface area contributed by atoms with Gasteiger partial charge in [0.2, 0.25) is 0 Å². The van der Waals surface area contributed by atoms with Crippen molar-refractivity contribution in [1.29, 1.82) is 0 Å². The Labute approximate surface area is 206 Å². The van der Waals surface area contributed by atoms with Gasteiger partial charge in [-0.25, -0.2) is 0 Å². The lowest BCUT2D eigenvalue weighted by Crippen LogP contribution is -2.27. The summed E-state index contributed by atoms with van der Waals surface area (Å²) in [7, 11) is 0. The Morgan fingerprint density at radius 1 is 0.519 bits per heavy atom. The first-order chi connectivity index (χ1) is 12.3. The molecule has 0 amide bonds. The van der Waals surface area contributed by atoms with Crippen LogP contribution in [0.25, 0.3) is 0 Å². The van der Waals surface area contributed by atoms with E-state index in [1.165, 1.54) is 0 Å². The van der Waals surface area contributed by atoms with E-state index in [-0.39, 0.29) is 6.10 Å². The molecule has 0 unspecified atom stereocenters. The summed E-state index contributed by atoms with van der Waals surface area (Å²) in [6, 6.07) is -6.21. The summed E-state index contributed by atoms with van der Waals surface area (Å²) in [6.07, 6.45) is 1.79. The topological polar surface area (TPSA) is 27.7 Å². The molecule has 164 valence electrons. The van der Waals surface area contributed by atoms with E-state index in [1.54, 1.807) is 0 Å². The molecule has 0 aliphatic rings. The van der Waals surface area contributed by atoms with Crippen molar-refractivity contribution in [2.45, 2.75) is 43.5 Å². The lowest BCUT2D eigenvalue weighted by atomic mass is 10.4. The first-order valence-corrected chi connectivity index (χ1v) is 24.0. The van der Waals surface area contributed by atoms with Gasteiger partial charge in [0.05, 0.1) is 13.2 Å². The van der Waals surface area contributed by atoms with Crippen LogP contribution in [0.3, 0.4) is 0 Å². The summed E-state index contributed by atoms with van der Waals surface area (Å²) in [5.74, 6) is 0. The number of hydrogen-bond donors (Lipinski definition) is 0. The van der Waals surface area contributed by atoms with Gasteiger partial charge in [-0.1, -0.05) is 0 Å². The maximum atomic E-state index is 5.87. The average Bonchev–Trinajstić information content (AvgIpc) is 2.46. The van der Waals surface area contributed by atoms with E-state index in [2.05, 4.69) is 0 Å². The first kappa shape index (κ1) is 30.1. The second-order valence-corrected chi connectivity index (χ2v) is 33.6. The van der Waals surface area contributed by atoms with E-state index in [1.807, 2.05) is 0 Å². The highest BCUT2D eigenvalue weighted by Crippen LogP contribution is 2.27. The van der Waals surface area contributed by atoms with Gasteiger partial charge in [0.1, 0.15) is 6.10 Å². The van der Waals surface area contributed by atoms with E-state index in [0.717, 1.165) is 0 Å². The fourth-order valence-electron chi connectivity index (χ4n) is 1.85. The van der Waals surface area contributed by atoms with Crippen LogP contribution in [-0.4, -0.2) is 57.1 Å². The third kappa shape index (κ3) is 25.3. The zero-order valence-corrected chi connectivity index (χ0v) is 24.3. The van der Waals surface area contributed by atoms with Crippen molar-refractivity contribution in [3.05, 3.63) is 0 Å². The van der Waals surface area contributed by atoms with Gasteiger partial charge in [-0.05, 0) is 37.4 Å². The van der Waals surface area contributed by atoms with Crippen LogP contribution in [0.1, 0.15) is 19.3 Å². The molecule has 0 N–H and O–H groups in total. The molecule has 0 spiro atoms. The molecule has 27 heavy (non-hydrogen) atoms. The van der Waals surface area contributed by atoms with Crippen LogP contribution in [0.15, 0.2) is 0 Å². The highest BCUT2D eigenvalue weighted by atomic mass is 35.9. The summed E-state index contributed by atoms with van der Waals surface area (Å²) in [5.41, 5.74) is 0. The minimum atomic E-state index is -2.63. The average molecular weight is 619 g/mol. The van der Waals surface area contributed by atoms with E-state index >= 15 is 0 Å². The molecule has 0 aliphatic heterocycles. The number of ether oxygens (including phenoxy) is 3. The summed E-state index contributed by atoms with van der Waals surface area (Å²) < 4.78 is 17.0. The molecule has 0 fully saturated rings. The molecule has 0 saturated heterocycles. The molecule has 0 rings (SSSR count). The van der Waals surface area contributed by atoms with Crippen molar-refractivity contribution in [1.82, 2.24) is 0 Å². The Kier molecular flexibility index (Phi) is 17.7. The molecule has 0 heterocycles. The van der Waals surface area contributed by atoms with Crippen LogP contribution in [0, 0.1) is 0 Å². The monoisotopic (exact) mass is 614 g/mol. The van der Waals surface area contributed by atoms with Crippen molar-refractivity contribution in [2.75, 3.05) is 33.0 Å². The molecule has 0 atom stereocenters. The van der Waals surface area contributed by atoms with Crippen LogP contribution in [0.5, 0.6) is 0 Å². The smallest absolute Gasteiger partial charge is 0.341 e. The van der Waals surface area contributed by atoms with Crippen LogP contribution in [-0.2, 0) is 14.2 Å². The number of halogens is 9. The zero-order valence-electron chi connectivity index (χ0n) is 14.5. The van der Waals surface area contributed by atoms with Gasteiger partial charge >= 0.3 is 18.0 Å². The zero-order chi connectivity index (χ0) is 21.0. The Balaban J connectivity index is 4.09. The summed E-state index contributed by atoms with van der Waals surface area (Å²) >= 11 is 52.6. The second-order valence-electron chi connectivity index (χ2n) is 5.80. The van der Waals surface area contributed by atoms with Crippen molar-refractivity contribution in [2.24, 2.45) is 0 Å². The fraction of sp³-hybridized carbons (Fsp3) is 1.00. The Bertz CT molecular complexity index is 354. The van der Waals surface area contributed by atoms with Crippen LogP contribution in [0.2, 0.25) is 18.1 Å². The van der Waals surface area contributed by atoms with Crippen molar-refractivity contribution < 1.29 is 14.2 Å².